The van der Waals surface area contributed by atoms with E-state index in [1.807, 2.05) is 24.3 Å². The lowest BCUT2D eigenvalue weighted by molar-refractivity contribution is -0.892. The first-order valence-electron chi connectivity index (χ1n) is 11.1. The Bertz CT molecular complexity index is 825. The average molecular weight is 410 g/mol. The standard InChI is InChI=1S/C24H32N4O2/c1-30-23-7-5-6-22(18-23)28-16-14-26(15-17-28)19-24(29)25-20-8-10-21(11-9-20)27-12-3-2-4-13-27/h5-11,18H,2-4,12-17,19H2,1H3,(H,25,29)/p+1. The molecule has 0 saturated carbocycles. The fourth-order valence-corrected chi connectivity index (χ4v) is 4.41. The maximum absolute atomic E-state index is 12.5. The van der Waals surface area contributed by atoms with Gasteiger partial charge >= 0.3 is 0 Å². The number of nitrogens with one attached hydrogen (secondary N) is 2. The number of piperazine rings is 1. The largest absolute Gasteiger partial charge is 0.497 e. The predicted octanol–water partition coefficient (Wildman–Crippen LogP) is 2.03. The highest BCUT2D eigenvalue weighted by Crippen LogP contribution is 2.22. The number of nitrogens with zero attached hydrogens (tertiary/aromatic N) is 2. The van der Waals surface area contributed by atoms with Crippen molar-refractivity contribution in [2.24, 2.45) is 0 Å². The van der Waals surface area contributed by atoms with E-state index in [0.717, 1.165) is 50.7 Å². The molecular formula is C24H33N4O2+. The van der Waals surface area contributed by atoms with Crippen LogP contribution in [0.5, 0.6) is 5.75 Å². The van der Waals surface area contributed by atoms with Gasteiger partial charge in [-0.1, -0.05) is 6.07 Å². The Morgan fingerprint density at radius 1 is 0.933 bits per heavy atom. The van der Waals surface area contributed by atoms with Gasteiger partial charge in [-0.25, -0.2) is 0 Å². The zero-order chi connectivity index (χ0) is 20.8. The second-order valence-corrected chi connectivity index (χ2v) is 8.26. The molecule has 2 aliphatic rings. The molecule has 4 rings (SSSR count). The van der Waals surface area contributed by atoms with E-state index in [-0.39, 0.29) is 5.91 Å². The maximum Gasteiger partial charge on any atom is 0.279 e. The first-order valence-corrected chi connectivity index (χ1v) is 11.1. The van der Waals surface area contributed by atoms with Crippen molar-refractivity contribution in [2.75, 3.05) is 68.0 Å². The number of hydrogen-bond donors (Lipinski definition) is 2. The summed E-state index contributed by atoms with van der Waals surface area (Å²) in [6, 6.07) is 16.5. The Balaban J connectivity index is 1.24. The van der Waals surface area contributed by atoms with E-state index < -0.39 is 0 Å². The fourth-order valence-electron chi connectivity index (χ4n) is 4.41. The second kappa shape index (κ2) is 9.85. The first-order chi connectivity index (χ1) is 14.7. The van der Waals surface area contributed by atoms with Crippen LogP contribution < -0.4 is 24.8 Å². The van der Waals surface area contributed by atoms with Gasteiger partial charge in [0.15, 0.2) is 6.54 Å². The van der Waals surface area contributed by atoms with E-state index in [1.165, 1.54) is 35.5 Å². The van der Waals surface area contributed by atoms with Gasteiger partial charge in [0, 0.05) is 36.2 Å². The molecule has 0 atom stereocenters. The Hall–Kier alpha value is -2.73. The zero-order valence-corrected chi connectivity index (χ0v) is 17.9. The van der Waals surface area contributed by atoms with Crippen LogP contribution in [0.4, 0.5) is 17.1 Å². The SMILES string of the molecule is COc1cccc(N2CC[NH+](CC(=O)Nc3ccc(N4CCCCC4)cc3)CC2)c1. The van der Waals surface area contributed by atoms with Crippen molar-refractivity contribution in [1.82, 2.24) is 0 Å². The highest BCUT2D eigenvalue weighted by Gasteiger charge is 2.22. The Morgan fingerprint density at radius 3 is 2.33 bits per heavy atom. The van der Waals surface area contributed by atoms with Gasteiger partial charge in [0.05, 0.1) is 33.3 Å². The fraction of sp³-hybridized carbons (Fsp3) is 0.458. The molecule has 30 heavy (non-hydrogen) atoms. The molecular weight excluding hydrogens is 376 g/mol. The molecule has 0 unspecified atom stereocenters. The van der Waals surface area contributed by atoms with Gasteiger partial charge < -0.3 is 24.8 Å². The summed E-state index contributed by atoms with van der Waals surface area (Å²) < 4.78 is 5.33. The summed E-state index contributed by atoms with van der Waals surface area (Å²) in [7, 11) is 1.70. The minimum absolute atomic E-state index is 0.0885. The molecule has 0 spiro atoms. The molecule has 160 valence electrons. The second-order valence-electron chi connectivity index (χ2n) is 8.26. The van der Waals surface area contributed by atoms with Crippen LogP contribution in [0.2, 0.25) is 0 Å². The van der Waals surface area contributed by atoms with Gasteiger partial charge in [-0.2, -0.15) is 0 Å². The normalized spacial score (nSPS) is 17.6. The van der Waals surface area contributed by atoms with Crippen LogP contribution in [0.1, 0.15) is 19.3 Å². The van der Waals surface area contributed by atoms with Crippen molar-refractivity contribution < 1.29 is 14.4 Å². The Kier molecular flexibility index (Phi) is 6.74. The van der Waals surface area contributed by atoms with E-state index in [9.17, 15) is 4.79 Å². The lowest BCUT2D eigenvalue weighted by Gasteiger charge is -2.33. The number of carbonyl (C=O) groups is 1. The molecule has 0 aliphatic carbocycles. The van der Waals surface area contributed by atoms with E-state index in [0.29, 0.717) is 6.54 Å². The third-order valence-electron chi connectivity index (χ3n) is 6.17. The number of quaternary nitrogens is 1. The highest BCUT2D eigenvalue weighted by atomic mass is 16.5. The van der Waals surface area contributed by atoms with Crippen LogP contribution in [0.15, 0.2) is 48.5 Å². The van der Waals surface area contributed by atoms with Gasteiger partial charge in [-0.05, 0) is 55.7 Å². The van der Waals surface area contributed by atoms with Crippen molar-refractivity contribution in [2.45, 2.75) is 19.3 Å². The number of rotatable bonds is 6. The van der Waals surface area contributed by atoms with E-state index in [2.05, 4.69) is 39.4 Å². The number of carbonyl (C=O) groups excluding carboxylic acids is 1. The minimum atomic E-state index is 0.0885. The number of ether oxygens (including phenoxy) is 1. The van der Waals surface area contributed by atoms with Crippen molar-refractivity contribution >= 4 is 23.0 Å². The summed E-state index contributed by atoms with van der Waals surface area (Å²) in [5.74, 6) is 0.971. The Labute approximate surface area is 179 Å². The number of methoxy groups -OCH3 is 1. The summed E-state index contributed by atoms with van der Waals surface area (Å²) in [6.07, 6.45) is 3.87. The lowest BCUT2D eigenvalue weighted by Crippen LogP contribution is -3.15. The summed E-state index contributed by atoms with van der Waals surface area (Å²) in [5, 5.41) is 3.07. The van der Waals surface area contributed by atoms with Crippen LogP contribution in [0.3, 0.4) is 0 Å². The molecule has 2 saturated heterocycles. The molecule has 2 aromatic carbocycles. The van der Waals surface area contributed by atoms with E-state index in [4.69, 9.17) is 4.74 Å². The quantitative estimate of drug-likeness (QED) is 0.767. The third kappa shape index (κ3) is 5.25. The topological polar surface area (TPSA) is 49.3 Å². The molecule has 0 radical (unpaired) electrons. The number of anilines is 3. The van der Waals surface area contributed by atoms with Gasteiger partial charge in [0.2, 0.25) is 0 Å². The summed E-state index contributed by atoms with van der Waals surface area (Å²) in [5.41, 5.74) is 3.33. The maximum atomic E-state index is 12.5. The van der Waals surface area contributed by atoms with Crippen molar-refractivity contribution in [3.05, 3.63) is 48.5 Å². The van der Waals surface area contributed by atoms with Crippen molar-refractivity contribution in [1.29, 1.82) is 0 Å². The minimum Gasteiger partial charge on any atom is -0.497 e. The molecule has 2 fully saturated rings. The smallest absolute Gasteiger partial charge is 0.279 e. The van der Waals surface area contributed by atoms with Crippen LogP contribution in [0.25, 0.3) is 0 Å². The molecule has 0 aromatic heterocycles. The molecule has 1 amide bonds. The highest BCUT2D eigenvalue weighted by molar-refractivity contribution is 5.91. The zero-order valence-electron chi connectivity index (χ0n) is 17.9. The molecule has 6 nitrogen and oxygen atoms in total. The van der Waals surface area contributed by atoms with Crippen molar-refractivity contribution in [3.8, 4) is 5.75 Å². The number of amides is 1. The molecule has 2 heterocycles. The van der Waals surface area contributed by atoms with Gasteiger partial charge in [0.25, 0.3) is 5.91 Å². The third-order valence-corrected chi connectivity index (χ3v) is 6.17. The summed E-state index contributed by atoms with van der Waals surface area (Å²) >= 11 is 0. The molecule has 2 aromatic rings. The average Bonchev–Trinajstić information content (AvgIpc) is 2.80. The van der Waals surface area contributed by atoms with Crippen molar-refractivity contribution in [3.63, 3.8) is 0 Å². The number of hydrogen-bond acceptors (Lipinski definition) is 4. The summed E-state index contributed by atoms with van der Waals surface area (Å²) in [4.78, 5) is 18.7. The first kappa shape index (κ1) is 20.5. The van der Waals surface area contributed by atoms with Gasteiger partial charge in [0.1, 0.15) is 5.75 Å². The number of piperidine rings is 1. The molecule has 2 aliphatic heterocycles. The van der Waals surface area contributed by atoms with Gasteiger partial charge in [-0.15, -0.1) is 0 Å². The predicted molar refractivity (Wildman–Crippen MR) is 122 cm³/mol. The van der Waals surface area contributed by atoms with E-state index in [1.54, 1.807) is 7.11 Å². The number of benzene rings is 2. The molecule has 6 heteroatoms. The van der Waals surface area contributed by atoms with Crippen LogP contribution >= 0.6 is 0 Å². The van der Waals surface area contributed by atoms with Crippen LogP contribution in [0, 0.1) is 0 Å². The summed E-state index contributed by atoms with van der Waals surface area (Å²) in [6.45, 7) is 6.59. The van der Waals surface area contributed by atoms with Crippen LogP contribution in [-0.4, -0.2) is 58.8 Å². The van der Waals surface area contributed by atoms with Gasteiger partial charge in [-0.3, -0.25) is 4.79 Å². The molecule has 2 N–H and O–H groups in total. The Morgan fingerprint density at radius 2 is 1.63 bits per heavy atom. The monoisotopic (exact) mass is 409 g/mol. The van der Waals surface area contributed by atoms with E-state index >= 15 is 0 Å². The van der Waals surface area contributed by atoms with Crippen LogP contribution in [-0.2, 0) is 4.79 Å². The molecule has 0 bridgehead atoms. The lowest BCUT2D eigenvalue weighted by atomic mass is 10.1.